The molecule has 0 spiro atoms. The molecule has 2 nitrogen and oxygen atoms in total. The number of benzene rings is 1. The van der Waals surface area contributed by atoms with Gasteiger partial charge in [0.25, 0.3) is 10.5 Å². The molecule has 1 unspecified atom stereocenters. The lowest BCUT2D eigenvalue weighted by Gasteiger charge is -2.06. The van der Waals surface area contributed by atoms with Crippen LogP contribution in [0.5, 0.6) is 0 Å². The fourth-order valence-corrected chi connectivity index (χ4v) is 1.63. The van der Waals surface area contributed by atoms with Crippen molar-refractivity contribution in [3.05, 3.63) is 29.8 Å². The molecule has 1 amide bonds. The summed E-state index contributed by atoms with van der Waals surface area (Å²) in [5.41, 5.74) is 0.872. The zero-order valence-corrected chi connectivity index (χ0v) is 7.56. The number of fused-ring (bicyclic) bond motifs is 1. The topological polar surface area (TPSA) is 29.1 Å². The standard InChI is InChI=1S/C8H5BrFNO/c9-8(10)5-3-1-2-4-6(5)11-7(8)12/h1-4H,(H,11,12). The van der Waals surface area contributed by atoms with Crippen LogP contribution in [0.25, 0.3) is 0 Å². The quantitative estimate of drug-likeness (QED) is 0.679. The average molecular weight is 230 g/mol. The molecule has 2 rings (SSSR count). The molecule has 1 heterocycles. The minimum absolute atomic E-state index is 0.343. The van der Waals surface area contributed by atoms with Gasteiger partial charge in [-0.25, -0.2) is 4.39 Å². The van der Waals surface area contributed by atoms with E-state index in [0.717, 1.165) is 0 Å². The van der Waals surface area contributed by atoms with E-state index in [1.54, 1.807) is 24.3 Å². The number of hydrogen-bond donors (Lipinski definition) is 1. The van der Waals surface area contributed by atoms with Crippen molar-refractivity contribution in [2.75, 3.05) is 5.32 Å². The minimum atomic E-state index is -2.05. The van der Waals surface area contributed by atoms with E-state index in [1.165, 1.54) is 0 Å². The van der Waals surface area contributed by atoms with Crippen molar-refractivity contribution in [3.8, 4) is 0 Å². The van der Waals surface area contributed by atoms with E-state index >= 15 is 0 Å². The van der Waals surface area contributed by atoms with E-state index in [9.17, 15) is 9.18 Å². The maximum absolute atomic E-state index is 13.5. The van der Waals surface area contributed by atoms with Crippen LogP contribution in [0.1, 0.15) is 5.56 Å². The van der Waals surface area contributed by atoms with Crippen LogP contribution in [0.4, 0.5) is 10.1 Å². The second-order valence-electron chi connectivity index (χ2n) is 2.57. The summed E-state index contributed by atoms with van der Waals surface area (Å²) in [6, 6.07) is 6.67. The van der Waals surface area contributed by atoms with Crippen molar-refractivity contribution in [1.82, 2.24) is 0 Å². The van der Waals surface area contributed by atoms with Crippen LogP contribution in [0, 0.1) is 0 Å². The second-order valence-corrected chi connectivity index (χ2v) is 3.67. The summed E-state index contributed by atoms with van der Waals surface area (Å²) in [6.07, 6.45) is 0. The van der Waals surface area contributed by atoms with Crippen LogP contribution >= 0.6 is 15.9 Å². The van der Waals surface area contributed by atoms with Gasteiger partial charge in [0.1, 0.15) is 0 Å². The smallest absolute Gasteiger partial charge is 0.278 e. The lowest BCUT2D eigenvalue weighted by atomic mass is 10.1. The van der Waals surface area contributed by atoms with Crippen molar-refractivity contribution >= 4 is 27.5 Å². The molecule has 1 aromatic rings. The average Bonchev–Trinajstić information content (AvgIpc) is 2.25. The first kappa shape index (κ1) is 7.73. The number of halogens is 2. The van der Waals surface area contributed by atoms with Gasteiger partial charge in [-0.3, -0.25) is 4.79 Å². The zero-order chi connectivity index (χ0) is 8.77. The van der Waals surface area contributed by atoms with Crippen molar-refractivity contribution < 1.29 is 9.18 Å². The Hall–Kier alpha value is -0.900. The zero-order valence-electron chi connectivity index (χ0n) is 5.97. The number of rotatable bonds is 0. The molecule has 1 aliphatic heterocycles. The highest BCUT2D eigenvalue weighted by Crippen LogP contribution is 2.43. The fourth-order valence-electron chi connectivity index (χ4n) is 1.19. The Morgan fingerprint density at radius 3 is 2.75 bits per heavy atom. The third-order valence-corrected chi connectivity index (χ3v) is 2.59. The van der Waals surface area contributed by atoms with Crippen molar-refractivity contribution in [1.29, 1.82) is 0 Å². The van der Waals surface area contributed by atoms with Gasteiger partial charge in [-0.05, 0) is 22.0 Å². The molecule has 12 heavy (non-hydrogen) atoms. The van der Waals surface area contributed by atoms with Gasteiger partial charge in [0.15, 0.2) is 0 Å². The van der Waals surface area contributed by atoms with Gasteiger partial charge in [0.05, 0.1) is 0 Å². The van der Waals surface area contributed by atoms with Crippen molar-refractivity contribution in [2.24, 2.45) is 0 Å². The van der Waals surface area contributed by atoms with E-state index in [4.69, 9.17) is 0 Å². The molecule has 1 N–H and O–H groups in total. The Morgan fingerprint density at radius 2 is 2.08 bits per heavy atom. The SMILES string of the molecule is O=C1Nc2ccccc2C1(F)Br. The second kappa shape index (κ2) is 2.29. The van der Waals surface area contributed by atoms with Crippen molar-refractivity contribution in [3.63, 3.8) is 0 Å². The van der Waals surface area contributed by atoms with Crippen LogP contribution in [-0.2, 0) is 9.37 Å². The summed E-state index contributed by atoms with van der Waals surface area (Å²) in [4.78, 5) is 11.0. The lowest BCUT2D eigenvalue weighted by Crippen LogP contribution is -2.21. The first-order valence-corrected chi connectivity index (χ1v) is 4.20. The van der Waals surface area contributed by atoms with Crippen LogP contribution in [0.15, 0.2) is 24.3 Å². The molecule has 1 atom stereocenters. The Balaban J connectivity index is 2.63. The summed E-state index contributed by atoms with van der Waals surface area (Å²) in [5.74, 6) is -0.663. The van der Waals surface area contributed by atoms with E-state index in [0.29, 0.717) is 11.3 Å². The lowest BCUT2D eigenvalue weighted by molar-refractivity contribution is -0.121. The summed E-state index contributed by atoms with van der Waals surface area (Å²) in [5, 5.41) is 2.43. The maximum Gasteiger partial charge on any atom is 0.278 e. The highest BCUT2D eigenvalue weighted by atomic mass is 79.9. The third-order valence-electron chi connectivity index (χ3n) is 1.80. The molecule has 1 aliphatic rings. The van der Waals surface area contributed by atoms with Gasteiger partial charge in [0, 0.05) is 11.3 Å². The summed E-state index contributed by atoms with van der Waals surface area (Å²) in [6.45, 7) is 0. The number of amides is 1. The van der Waals surface area contributed by atoms with Crippen LogP contribution in [-0.4, -0.2) is 5.91 Å². The number of anilines is 1. The molecule has 1 aromatic carbocycles. The summed E-state index contributed by atoms with van der Waals surface area (Å²) < 4.78 is 11.4. The summed E-state index contributed by atoms with van der Waals surface area (Å²) >= 11 is 2.73. The molecule has 0 bridgehead atoms. The Bertz CT molecular complexity index is 351. The fraction of sp³-hybridized carbons (Fsp3) is 0.125. The van der Waals surface area contributed by atoms with Gasteiger partial charge < -0.3 is 5.32 Å². The minimum Gasteiger partial charge on any atom is -0.322 e. The molecular formula is C8H5BrFNO. The molecule has 0 aliphatic carbocycles. The molecule has 0 fully saturated rings. The van der Waals surface area contributed by atoms with Crippen LogP contribution in [0.3, 0.4) is 0 Å². The first-order chi connectivity index (χ1) is 5.62. The van der Waals surface area contributed by atoms with Gasteiger partial charge in [-0.15, -0.1) is 0 Å². The molecule has 0 radical (unpaired) electrons. The summed E-state index contributed by atoms with van der Waals surface area (Å²) in [7, 11) is 0. The van der Waals surface area contributed by atoms with E-state index in [2.05, 4.69) is 21.2 Å². The highest BCUT2D eigenvalue weighted by molar-refractivity contribution is 9.10. The van der Waals surface area contributed by atoms with E-state index in [-0.39, 0.29) is 0 Å². The predicted molar refractivity (Wildman–Crippen MR) is 46.8 cm³/mol. The third kappa shape index (κ3) is 0.876. The number of nitrogens with one attached hydrogen (secondary N) is 1. The van der Waals surface area contributed by atoms with E-state index < -0.39 is 10.5 Å². The normalized spacial score (nSPS) is 26.7. The maximum atomic E-state index is 13.5. The molecular weight excluding hydrogens is 225 g/mol. The molecule has 0 aromatic heterocycles. The largest absolute Gasteiger partial charge is 0.322 e. The van der Waals surface area contributed by atoms with Gasteiger partial charge >= 0.3 is 0 Å². The number of carbonyl (C=O) groups excluding carboxylic acids is 1. The monoisotopic (exact) mass is 229 g/mol. The number of alkyl halides is 2. The highest BCUT2D eigenvalue weighted by Gasteiger charge is 2.44. The first-order valence-electron chi connectivity index (χ1n) is 3.41. The van der Waals surface area contributed by atoms with Gasteiger partial charge in [-0.2, -0.15) is 0 Å². The molecule has 0 saturated carbocycles. The van der Waals surface area contributed by atoms with Gasteiger partial charge in [-0.1, -0.05) is 18.2 Å². The van der Waals surface area contributed by atoms with Crippen molar-refractivity contribution in [2.45, 2.75) is 4.58 Å². The van der Waals surface area contributed by atoms with Gasteiger partial charge in [0.2, 0.25) is 0 Å². The van der Waals surface area contributed by atoms with Crippen LogP contribution in [0.2, 0.25) is 0 Å². The van der Waals surface area contributed by atoms with Crippen LogP contribution < -0.4 is 5.32 Å². The molecule has 4 heteroatoms. The Labute approximate surface area is 76.9 Å². The number of hydrogen-bond acceptors (Lipinski definition) is 1. The number of para-hydroxylation sites is 1. The predicted octanol–water partition coefficient (Wildman–Crippen LogP) is 2.16. The molecule has 62 valence electrons. The van der Waals surface area contributed by atoms with E-state index in [1.807, 2.05) is 0 Å². The number of carbonyl (C=O) groups is 1. The Morgan fingerprint density at radius 1 is 1.42 bits per heavy atom. The molecule has 0 saturated heterocycles. The Kier molecular flexibility index (Phi) is 1.48.